The van der Waals surface area contributed by atoms with Crippen LogP contribution in [0.2, 0.25) is 0 Å². The van der Waals surface area contributed by atoms with Crippen LogP contribution in [0.3, 0.4) is 0 Å². The van der Waals surface area contributed by atoms with Gasteiger partial charge < -0.3 is 15.4 Å². The summed E-state index contributed by atoms with van der Waals surface area (Å²) in [5.74, 6) is -2.69. The molecule has 0 unspecified atom stereocenters. The van der Waals surface area contributed by atoms with Crippen molar-refractivity contribution in [3.63, 3.8) is 0 Å². The van der Waals surface area contributed by atoms with E-state index >= 15 is 0 Å². The molecule has 0 fully saturated rings. The number of amides is 1. The number of fused-ring (bicyclic) bond motifs is 3. The second-order valence-corrected chi connectivity index (χ2v) is 8.44. The predicted octanol–water partition coefficient (Wildman–Crippen LogP) is 4.92. The van der Waals surface area contributed by atoms with Gasteiger partial charge in [-0.15, -0.1) is 11.3 Å². The summed E-state index contributed by atoms with van der Waals surface area (Å²) in [5.41, 5.74) is 2.81. The molecule has 2 heterocycles. The second-order valence-electron chi connectivity index (χ2n) is 7.44. The van der Waals surface area contributed by atoms with E-state index in [9.17, 15) is 23.7 Å². The molecular formula is C22H15F2N5O3S. The van der Waals surface area contributed by atoms with Crippen molar-refractivity contribution < 1.29 is 18.5 Å². The maximum atomic E-state index is 13.9. The summed E-state index contributed by atoms with van der Waals surface area (Å²) in [6.45, 7) is 0. The third-order valence-electron chi connectivity index (χ3n) is 5.34. The lowest BCUT2D eigenvalue weighted by Gasteiger charge is -2.09. The van der Waals surface area contributed by atoms with Crippen molar-refractivity contribution in [2.75, 3.05) is 5.32 Å². The number of carbonyl (C=O) groups excluding carboxylic acids is 1. The molecule has 0 aliphatic heterocycles. The Morgan fingerprint density at radius 1 is 1.18 bits per heavy atom. The molecule has 5 rings (SSSR count). The van der Waals surface area contributed by atoms with Crippen LogP contribution in [0.25, 0.3) is 16.1 Å². The Labute approximate surface area is 189 Å². The Hall–Kier alpha value is -3.99. The van der Waals surface area contributed by atoms with Crippen molar-refractivity contribution in [3.05, 3.63) is 86.9 Å². The summed E-state index contributed by atoms with van der Waals surface area (Å²) in [5, 5.41) is 13.3. The quantitative estimate of drug-likeness (QED) is 0.339. The van der Waals surface area contributed by atoms with Crippen molar-refractivity contribution in [2.45, 2.75) is 19.3 Å². The van der Waals surface area contributed by atoms with E-state index in [0.717, 1.165) is 58.0 Å². The fourth-order valence-electron chi connectivity index (χ4n) is 3.76. The number of thiazole rings is 1. The molecule has 1 aliphatic rings. The van der Waals surface area contributed by atoms with Gasteiger partial charge in [-0.3, -0.25) is 9.36 Å². The SMILES string of the molecule is O=C(Nc1c(F)cccc1F)c1nc2c(s1)-c1cc(-n3cnc([N+](=O)[O-])c3)ccc1CCC2. The molecule has 0 saturated heterocycles. The van der Waals surface area contributed by atoms with Gasteiger partial charge in [0, 0.05) is 5.69 Å². The van der Waals surface area contributed by atoms with E-state index in [-0.39, 0.29) is 10.8 Å². The van der Waals surface area contributed by atoms with Crippen LogP contribution >= 0.6 is 11.3 Å². The average molecular weight is 467 g/mol. The van der Waals surface area contributed by atoms with E-state index in [2.05, 4.69) is 15.3 Å². The van der Waals surface area contributed by atoms with Crippen molar-refractivity contribution in [1.29, 1.82) is 0 Å². The van der Waals surface area contributed by atoms with Gasteiger partial charge in [-0.25, -0.2) is 13.8 Å². The molecule has 0 saturated carbocycles. The number of hydrogen-bond donors (Lipinski definition) is 1. The molecule has 2 aromatic carbocycles. The largest absolute Gasteiger partial charge is 0.381 e. The Bertz CT molecular complexity index is 1390. The number of carbonyl (C=O) groups is 1. The van der Waals surface area contributed by atoms with Crippen molar-refractivity contribution >= 4 is 28.7 Å². The molecule has 8 nitrogen and oxygen atoms in total. The third-order valence-corrected chi connectivity index (χ3v) is 6.47. The fraction of sp³-hybridized carbons (Fsp3) is 0.136. The van der Waals surface area contributed by atoms with Crippen molar-refractivity contribution in [3.8, 4) is 16.1 Å². The minimum atomic E-state index is -0.870. The summed E-state index contributed by atoms with van der Waals surface area (Å²) in [4.78, 5) is 32.1. The Morgan fingerprint density at radius 2 is 1.97 bits per heavy atom. The number of benzene rings is 2. The number of aryl methyl sites for hydroxylation is 2. The maximum absolute atomic E-state index is 13.9. The monoisotopic (exact) mass is 467 g/mol. The van der Waals surface area contributed by atoms with E-state index in [1.165, 1.54) is 18.6 Å². The van der Waals surface area contributed by atoms with Gasteiger partial charge in [0.25, 0.3) is 5.91 Å². The van der Waals surface area contributed by atoms with Gasteiger partial charge in [0.05, 0.1) is 10.6 Å². The number of imidazole rings is 1. The highest BCUT2D eigenvalue weighted by molar-refractivity contribution is 7.17. The van der Waals surface area contributed by atoms with Crippen molar-refractivity contribution in [1.82, 2.24) is 14.5 Å². The van der Waals surface area contributed by atoms with Gasteiger partial charge in [0.15, 0.2) is 5.01 Å². The lowest BCUT2D eigenvalue weighted by atomic mass is 10.0. The second kappa shape index (κ2) is 8.17. The number of anilines is 1. The minimum absolute atomic E-state index is 0.0965. The van der Waals surface area contributed by atoms with E-state index < -0.39 is 28.2 Å². The molecule has 11 heteroatoms. The van der Waals surface area contributed by atoms with Crippen LogP contribution in [0.4, 0.5) is 20.3 Å². The van der Waals surface area contributed by atoms with Gasteiger partial charge in [-0.05, 0) is 64.6 Å². The molecule has 1 aliphatic carbocycles. The van der Waals surface area contributed by atoms with Crippen LogP contribution in [0.1, 0.15) is 27.5 Å². The first kappa shape index (κ1) is 20.9. The van der Waals surface area contributed by atoms with Gasteiger partial charge in [0.1, 0.15) is 23.5 Å². The zero-order chi connectivity index (χ0) is 23.1. The highest BCUT2D eigenvalue weighted by Crippen LogP contribution is 2.38. The molecule has 166 valence electrons. The molecule has 2 aromatic heterocycles. The predicted molar refractivity (Wildman–Crippen MR) is 118 cm³/mol. The summed E-state index contributed by atoms with van der Waals surface area (Å²) in [7, 11) is 0. The van der Waals surface area contributed by atoms with E-state index in [1.54, 1.807) is 4.57 Å². The van der Waals surface area contributed by atoms with Crippen LogP contribution in [-0.4, -0.2) is 25.4 Å². The van der Waals surface area contributed by atoms with E-state index in [0.29, 0.717) is 12.1 Å². The number of halogens is 2. The van der Waals surface area contributed by atoms with E-state index in [4.69, 9.17) is 0 Å². The standard InChI is InChI=1S/C22H15F2N5O3S/c23-15-4-2-5-16(24)19(15)27-21(30)22-26-17-6-1-3-12-7-8-13(9-14(12)20(17)33-22)28-10-18(25-11-28)29(31)32/h2,4-5,7-11H,1,3,6H2,(H,27,30). The smallest absolute Gasteiger partial charge is 0.358 e. The van der Waals surface area contributed by atoms with Crippen molar-refractivity contribution in [2.24, 2.45) is 0 Å². The van der Waals surface area contributed by atoms with Crippen LogP contribution in [0.5, 0.6) is 0 Å². The molecule has 0 atom stereocenters. The summed E-state index contributed by atoms with van der Waals surface area (Å²) in [6.07, 6.45) is 4.97. The van der Waals surface area contributed by atoms with Crippen LogP contribution in [-0.2, 0) is 12.8 Å². The first-order valence-electron chi connectivity index (χ1n) is 9.98. The molecule has 0 bridgehead atoms. The lowest BCUT2D eigenvalue weighted by molar-refractivity contribution is -0.389. The van der Waals surface area contributed by atoms with Crippen LogP contribution in [0.15, 0.2) is 48.9 Å². The Kier molecular flexibility index (Phi) is 5.17. The number of hydrogen-bond acceptors (Lipinski definition) is 6. The Balaban J connectivity index is 1.51. The van der Waals surface area contributed by atoms with Gasteiger partial charge in [0.2, 0.25) is 6.33 Å². The fourth-order valence-corrected chi connectivity index (χ4v) is 4.82. The number of nitrogens with one attached hydrogen (secondary N) is 1. The number of rotatable bonds is 4. The number of nitro groups is 1. The molecule has 33 heavy (non-hydrogen) atoms. The number of aromatic nitrogens is 3. The molecular weight excluding hydrogens is 452 g/mol. The van der Waals surface area contributed by atoms with Crippen LogP contribution in [0, 0.1) is 21.7 Å². The molecule has 4 aromatic rings. The van der Waals surface area contributed by atoms with Gasteiger partial charge >= 0.3 is 5.82 Å². The minimum Gasteiger partial charge on any atom is -0.358 e. The maximum Gasteiger partial charge on any atom is 0.381 e. The average Bonchev–Trinajstić information content (AvgIpc) is 3.41. The summed E-state index contributed by atoms with van der Waals surface area (Å²) >= 11 is 1.14. The molecule has 1 amide bonds. The molecule has 1 N–H and O–H groups in total. The summed E-state index contributed by atoms with van der Waals surface area (Å²) < 4.78 is 29.4. The zero-order valence-electron chi connectivity index (χ0n) is 16.9. The van der Waals surface area contributed by atoms with Crippen LogP contribution < -0.4 is 5.32 Å². The highest BCUT2D eigenvalue weighted by Gasteiger charge is 2.24. The van der Waals surface area contributed by atoms with Gasteiger partial charge in [-0.1, -0.05) is 12.1 Å². The third kappa shape index (κ3) is 3.87. The normalized spacial score (nSPS) is 12.5. The topological polar surface area (TPSA) is 103 Å². The Morgan fingerprint density at radius 3 is 2.70 bits per heavy atom. The molecule has 0 spiro atoms. The highest BCUT2D eigenvalue weighted by atomic mass is 32.1. The van der Waals surface area contributed by atoms with Gasteiger partial charge in [-0.2, -0.15) is 0 Å². The number of para-hydroxylation sites is 1. The summed E-state index contributed by atoms with van der Waals surface area (Å²) in [6, 6.07) is 9.02. The lowest BCUT2D eigenvalue weighted by Crippen LogP contribution is -2.14. The first-order chi connectivity index (χ1) is 15.9. The van der Waals surface area contributed by atoms with E-state index in [1.807, 2.05) is 18.2 Å². The molecule has 0 radical (unpaired) electrons. The zero-order valence-corrected chi connectivity index (χ0v) is 17.7. The number of nitrogens with zero attached hydrogens (tertiary/aromatic N) is 4. The first-order valence-corrected chi connectivity index (χ1v) is 10.8.